The van der Waals surface area contributed by atoms with Gasteiger partial charge in [0.15, 0.2) is 0 Å². The highest BCUT2D eigenvalue weighted by atomic mass is 16.5. The lowest BCUT2D eigenvalue weighted by molar-refractivity contribution is 0.0686. The molecule has 116 valence electrons. The zero-order valence-corrected chi connectivity index (χ0v) is 12.8. The van der Waals surface area contributed by atoms with Crippen LogP contribution in [0.2, 0.25) is 0 Å². The molecule has 1 fully saturated rings. The molecular formula is C16H24N2O3. The first-order chi connectivity index (χ1) is 10.1. The Balaban J connectivity index is 1.83. The van der Waals surface area contributed by atoms with E-state index in [0.29, 0.717) is 18.4 Å². The number of likely N-dealkylation sites (N-methyl/N-ethyl adjacent to an activating group) is 1. The summed E-state index contributed by atoms with van der Waals surface area (Å²) in [4.78, 5) is 15.9. The van der Waals surface area contributed by atoms with Crippen LogP contribution in [0.4, 0.5) is 0 Å². The third-order valence-corrected chi connectivity index (χ3v) is 4.12. The van der Waals surface area contributed by atoms with Crippen LogP contribution in [0.1, 0.15) is 23.7 Å². The average Bonchev–Trinajstić information content (AvgIpc) is 2.49. The van der Waals surface area contributed by atoms with E-state index in [2.05, 4.69) is 23.8 Å². The Bertz CT molecular complexity index is 478. The molecule has 1 atom stereocenters. The molecule has 5 heteroatoms. The highest BCUT2D eigenvalue weighted by molar-refractivity contribution is 5.90. The second-order valence-electron chi connectivity index (χ2n) is 5.49. The minimum absolute atomic E-state index is 0.224. The van der Waals surface area contributed by atoms with Crippen molar-refractivity contribution in [3.05, 3.63) is 29.8 Å². The van der Waals surface area contributed by atoms with Crippen molar-refractivity contribution >= 4 is 5.97 Å². The van der Waals surface area contributed by atoms with Crippen LogP contribution in [0.25, 0.3) is 0 Å². The summed E-state index contributed by atoms with van der Waals surface area (Å²) in [5.74, 6) is -0.498. The van der Waals surface area contributed by atoms with Crippen molar-refractivity contribution < 1.29 is 14.6 Å². The second-order valence-corrected chi connectivity index (χ2v) is 5.49. The first kappa shape index (κ1) is 15.8. The highest BCUT2D eigenvalue weighted by Crippen LogP contribution is 2.18. The third kappa shape index (κ3) is 4.19. The fourth-order valence-electron chi connectivity index (χ4n) is 2.71. The van der Waals surface area contributed by atoms with Crippen LogP contribution in [-0.2, 0) is 0 Å². The van der Waals surface area contributed by atoms with Crippen LogP contribution < -0.4 is 4.74 Å². The van der Waals surface area contributed by atoms with Crippen molar-refractivity contribution in [1.29, 1.82) is 0 Å². The molecule has 21 heavy (non-hydrogen) atoms. The van der Waals surface area contributed by atoms with Gasteiger partial charge in [0.2, 0.25) is 0 Å². The molecule has 0 bridgehead atoms. The molecule has 0 aliphatic carbocycles. The molecule has 5 nitrogen and oxygen atoms in total. The summed E-state index contributed by atoms with van der Waals surface area (Å²) >= 11 is 0. The van der Waals surface area contributed by atoms with E-state index >= 15 is 0 Å². The number of rotatable bonds is 6. The van der Waals surface area contributed by atoms with E-state index in [-0.39, 0.29) is 5.56 Å². The molecule has 1 aliphatic rings. The molecule has 1 heterocycles. The van der Waals surface area contributed by atoms with Gasteiger partial charge in [0.25, 0.3) is 0 Å². The van der Waals surface area contributed by atoms with E-state index in [0.717, 1.165) is 32.6 Å². The van der Waals surface area contributed by atoms with Gasteiger partial charge in [-0.05, 0) is 25.6 Å². The van der Waals surface area contributed by atoms with Crippen LogP contribution in [0, 0.1) is 0 Å². The molecule has 1 aromatic rings. The normalized spacial score (nSPS) is 20.4. The first-order valence-electron chi connectivity index (χ1n) is 7.49. The number of aromatic carboxylic acids is 1. The Morgan fingerprint density at radius 1 is 1.38 bits per heavy atom. The first-order valence-corrected chi connectivity index (χ1v) is 7.49. The lowest BCUT2D eigenvalue weighted by atomic mass is 10.1. The van der Waals surface area contributed by atoms with Crippen LogP contribution in [0.3, 0.4) is 0 Å². The highest BCUT2D eigenvalue weighted by Gasteiger charge is 2.22. The van der Waals surface area contributed by atoms with Gasteiger partial charge in [0, 0.05) is 32.2 Å². The molecule has 1 N–H and O–H groups in total. The minimum atomic E-state index is -0.948. The predicted molar refractivity (Wildman–Crippen MR) is 82.0 cm³/mol. The quantitative estimate of drug-likeness (QED) is 0.866. The number of carboxylic acids is 1. The van der Waals surface area contributed by atoms with Crippen LogP contribution in [0.15, 0.2) is 24.3 Å². The monoisotopic (exact) mass is 292 g/mol. The van der Waals surface area contributed by atoms with Gasteiger partial charge < -0.3 is 14.7 Å². The maximum atomic E-state index is 11.1. The molecule has 0 radical (unpaired) electrons. The lowest BCUT2D eigenvalue weighted by Crippen LogP contribution is -2.51. The topological polar surface area (TPSA) is 53.0 Å². The number of carboxylic acid groups (broad SMARTS) is 1. The number of benzene rings is 1. The maximum Gasteiger partial charge on any atom is 0.339 e. The molecular weight excluding hydrogens is 268 g/mol. The molecule has 1 saturated heterocycles. The molecule has 1 aliphatic heterocycles. The summed E-state index contributed by atoms with van der Waals surface area (Å²) in [6, 6.07) is 7.39. The van der Waals surface area contributed by atoms with Crippen molar-refractivity contribution in [2.45, 2.75) is 19.4 Å². The standard InChI is InChI=1S/C16H24N2O3/c1-3-13-12-18(9-8-17(13)2)10-11-21-15-7-5-4-6-14(15)16(19)20/h4-7,13H,3,8-12H2,1-2H3,(H,19,20). The Labute approximate surface area is 126 Å². The van der Waals surface area contributed by atoms with Gasteiger partial charge in [-0.25, -0.2) is 4.79 Å². The number of hydrogen-bond acceptors (Lipinski definition) is 4. The molecule has 0 amide bonds. The average molecular weight is 292 g/mol. The predicted octanol–water partition coefficient (Wildman–Crippen LogP) is 1.79. The van der Waals surface area contributed by atoms with E-state index < -0.39 is 5.97 Å². The minimum Gasteiger partial charge on any atom is -0.491 e. The zero-order chi connectivity index (χ0) is 15.2. The fourth-order valence-corrected chi connectivity index (χ4v) is 2.71. The summed E-state index contributed by atoms with van der Waals surface area (Å²) in [6.07, 6.45) is 1.15. The summed E-state index contributed by atoms with van der Waals surface area (Å²) in [5, 5.41) is 9.11. The number of hydrogen-bond donors (Lipinski definition) is 1. The number of ether oxygens (including phenoxy) is 1. The van der Waals surface area contributed by atoms with Gasteiger partial charge in [-0.1, -0.05) is 19.1 Å². The van der Waals surface area contributed by atoms with Gasteiger partial charge in [-0.3, -0.25) is 4.90 Å². The number of piperazine rings is 1. The third-order valence-electron chi connectivity index (χ3n) is 4.12. The zero-order valence-electron chi connectivity index (χ0n) is 12.8. The van der Waals surface area contributed by atoms with Crippen LogP contribution in [-0.4, -0.2) is 66.8 Å². The van der Waals surface area contributed by atoms with E-state index in [1.807, 2.05) is 0 Å². The summed E-state index contributed by atoms with van der Waals surface area (Å²) in [6.45, 7) is 6.73. The number of carbonyl (C=O) groups is 1. The summed E-state index contributed by atoms with van der Waals surface area (Å²) in [7, 11) is 2.17. The van der Waals surface area contributed by atoms with E-state index in [9.17, 15) is 4.79 Å². The van der Waals surface area contributed by atoms with Gasteiger partial charge in [0.1, 0.15) is 17.9 Å². The Morgan fingerprint density at radius 2 is 2.14 bits per heavy atom. The van der Waals surface area contributed by atoms with Crippen molar-refractivity contribution in [3.63, 3.8) is 0 Å². The Morgan fingerprint density at radius 3 is 2.86 bits per heavy atom. The maximum absolute atomic E-state index is 11.1. The molecule has 0 saturated carbocycles. The van der Waals surface area contributed by atoms with Gasteiger partial charge >= 0.3 is 5.97 Å². The molecule has 0 aromatic heterocycles. The van der Waals surface area contributed by atoms with Crippen LogP contribution in [0.5, 0.6) is 5.75 Å². The van der Waals surface area contributed by atoms with Crippen molar-refractivity contribution in [2.75, 3.05) is 39.8 Å². The molecule has 0 spiro atoms. The van der Waals surface area contributed by atoms with Crippen molar-refractivity contribution in [2.24, 2.45) is 0 Å². The number of para-hydroxylation sites is 1. The molecule has 1 unspecified atom stereocenters. The van der Waals surface area contributed by atoms with E-state index in [4.69, 9.17) is 9.84 Å². The SMILES string of the molecule is CCC1CN(CCOc2ccccc2C(=O)O)CCN1C. The number of nitrogens with zero attached hydrogens (tertiary/aromatic N) is 2. The van der Waals surface area contributed by atoms with Gasteiger partial charge in [-0.2, -0.15) is 0 Å². The van der Waals surface area contributed by atoms with Gasteiger partial charge in [-0.15, -0.1) is 0 Å². The Kier molecular flexibility index (Phi) is 5.59. The summed E-state index contributed by atoms with van der Waals surface area (Å²) in [5.41, 5.74) is 0.224. The second kappa shape index (κ2) is 7.43. The van der Waals surface area contributed by atoms with Crippen molar-refractivity contribution in [3.8, 4) is 5.75 Å². The van der Waals surface area contributed by atoms with Crippen molar-refractivity contribution in [1.82, 2.24) is 9.80 Å². The van der Waals surface area contributed by atoms with Crippen LogP contribution >= 0.6 is 0 Å². The largest absolute Gasteiger partial charge is 0.491 e. The van der Waals surface area contributed by atoms with E-state index in [1.54, 1.807) is 24.3 Å². The fraction of sp³-hybridized carbons (Fsp3) is 0.562. The lowest BCUT2D eigenvalue weighted by Gasteiger charge is -2.39. The van der Waals surface area contributed by atoms with Gasteiger partial charge in [0.05, 0.1) is 0 Å². The molecule has 2 rings (SSSR count). The Hall–Kier alpha value is -1.59. The smallest absolute Gasteiger partial charge is 0.339 e. The summed E-state index contributed by atoms with van der Waals surface area (Å²) < 4.78 is 5.66. The molecule has 1 aromatic carbocycles. The van der Waals surface area contributed by atoms with E-state index in [1.165, 1.54) is 0 Å².